The molecule has 0 rings (SSSR count). The van der Waals surface area contributed by atoms with E-state index in [1.807, 2.05) is 6.92 Å². The van der Waals surface area contributed by atoms with Crippen LogP contribution in [0.4, 0.5) is 0 Å². The van der Waals surface area contributed by atoms with Crippen molar-refractivity contribution in [1.29, 1.82) is 0 Å². The zero-order valence-electron chi connectivity index (χ0n) is 15.0. The van der Waals surface area contributed by atoms with Crippen molar-refractivity contribution in [2.75, 3.05) is 0 Å². The molecule has 0 aromatic rings. The van der Waals surface area contributed by atoms with Gasteiger partial charge in [0.2, 0.25) is 0 Å². The van der Waals surface area contributed by atoms with Gasteiger partial charge in [-0.25, -0.2) is 0 Å². The van der Waals surface area contributed by atoms with Gasteiger partial charge < -0.3 is 5.11 Å². The Bertz CT molecular complexity index is 204. The summed E-state index contributed by atoms with van der Waals surface area (Å²) in [6.45, 7) is 8.13. The third kappa shape index (κ3) is 19.0. The van der Waals surface area contributed by atoms with Gasteiger partial charge in [-0.2, -0.15) is 0 Å². The summed E-state index contributed by atoms with van der Waals surface area (Å²) in [6, 6.07) is 0. The zero-order chi connectivity index (χ0) is 15.8. The Labute approximate surface area is 163 Å². The molecule has 1 unspecified atom stereocenters. The quantitative estimate of drug-likeness (QED) is 0.266. The van der Waals surface area contributed by atoms with Crippen molar-refractivity contribution in [1.82, 2.24) is 0 Å². The first-order chi connectivity index (χ1) is 10.1. The normalized spacial score (nSPS) is 13.6. The van der Waals surface area contributed by atoms with Crippen molar-refractivity contribution < 1.29 is 5.11 Å². The third-order valence-electron chi connectivity index (χ3n) is 4.65. The van der Waals surface area contributed by atoms with E-state index in [9.17, 15) is 5.11 Å². The zero-order valence-corrected chi connectivity index (χ0v) is 15.0. The van der Waals surface area contributed by atoms with E-state index in [1.54, 1.807) is 0 Å². The average molecular weight is 322 g/mol. The molecule has 0 heterocycles. The van der Waals surface area contributed by atoms with Crippen LogP contribution in [0.3, 0.4) is 0 Å². The van der Waals surface area contributed by atoms with Gasteiger partial charge in [0.25, 0.3) is 0 Å². The van der Waals surface area contributed by atoms with Gasteiger partial charge in [-0.1, -0.05) is 104 Å². The van der Waals surface area contributed by atoms with Crippen molar-refractivity contribution in [2.45, 2.75) is 122 Å². The molecule has 0 amide bonds. The second-order valence-corrected chi connectivity index (χ2v) is 6.92. The molecule has 129 valence electrons. The summed E-state index contributed by atoms with van der Waals surface area (Å²) in [5.41, 5.74) is -0.670. The van der Waals surface area contributed by atoms with Crippen molar-refractivity contribution in [2.24, 2.45) is 0 Å². The monoisotopic (exact) mass is 321 g/mol. The molecule has 0 spiro atoms. The fourth-order valence-corrected chi connectivity index (χ4v) is 2.83. The van der Waals surface area contributed by atoms with Crippen LogP contribution < -0.4 is 0 Å². The number of hydrogen-bond donors (Lipinski definition) is 1. The Morgan fingerprint density at radius 2 is 0.955 bits per heavy atom. The van der Waals surface area contributed by atoms with Gasteiger partial charge >= 0.3 is 29.6 Å². The van der Waals surface area contributed by atoms with Gasteiger partial charge in [-0.05, 0) is 19.8 Å². The van der Waals surface area contributed by atoms with Crippen molar-refractivity contribution in [3.05, 3.63) is 6.92 Å². The van der Waals surface area contributed by atoms with E-state index in [0.29, 0.717) is 0 Å². The summed E-state index contributed by atoms with van der Waals surface area (Å²) >= 11 is 0. The molecule has 0 aliphatic rings. The molecule has 1 N–H and O–H groups in total. The molecule has 0 bridgehead atoms. The van der Waals surface area contributed by atoms with Crippen LogP contribution in [0.25, 0.3) is 0 Å². The van der Waals surface area contributed by atoms with E-state index in [1.165, 1.54) is 83.5 Å². The Kier molecular flexibility index (Phi) is 21.0. The van der Waals surface area contributed by atoms with Crippen LogP contribution in [0.1, 0.15) is 117 Å². The number of aliphatic hydroxyl groups is 1. The van der Waals surface area contributed by atoms with Crippen LogP contribution in [0.2, 0.25) is 0 Å². The Morgan fingerprint density at radius 3 is 1.27 bits per heavy atom. The first-order valence-corrected chi connectivity index (χ1v) is 9.70. The number of rotatable bonds is 16. The predicted molar refractivity (Wildman–Crippen MR) is 103 cm³/mol. The minimum absolute atomic E-state index is 0. The van der Waals surface area contributed by atoms with Gasteiger partial charge in [0.05, 0.1) is 5.60 Å². The van der Waals surface area contributed by atoms with Gasteiger partial charge in [-0.3, -0.25) is 0 Å². The molecule has 0 aliphatic carbocycles. The van der Waals surface area contributed by atoms with Crippen LogP contribution in [0.5, 0.6) is 0 Å². The maximum absolute atomic E-state index is 9.80. The molecule has 0 saturated carbocycles. The fourth-order valence-electron chi connectivity index (χ4n) is 2.83. The SMILES string of the molecule is [CH2]C(O)(CC)CCCCCCCCCCCCCCCC.[NaH]. The maximum atomic E-state index is 9.80. The van der Waals surface area contributed by atoms with Crippen LogP contribution in [-0.4, -0.2) is 40.3 Å². The molecule has 1 atom stereocenters. The molecule has 1 nitrogen and oxygen atoms in total. The average Bonchev–Trinajstić information content (AvgIpc) is 2.47. The second kappa shape index (κ2) is 18.3. The van der Waals surface area contributed by atoms with Crippen LogP contribution in [0, 0.1) is 6.92 Å². The van der Waals surface area contributed by atoms with Crippen molar-refractivity contribution in [3.63, 3.8) is 0 Å². The van der Waals surface area contributed by atoms with Crippen LogP contribution in [-0.2, 0) is 0 Å². The molecule has 2 heteroatoms. The first kappa shape index (κ1) is 25.2. The summed E-state index contributed by atoms with van der Waals surface area (Å²) in [5.74, 6) is 0. The van der Waals surface area contributed by atoms with E-state index >= 15 is 0 Å². The predicted octanol–water partition coefficient (Wildman–Crippen LogP) is 6.18. The number of unbranched alkanes of at least 4 members (excludes halogenated alkanes) is 13. The van der Waals surface area contributed by atoms with E-state index < -0.39 is 5.60 Å². The molecule has 1 radical (unpaired) electrons. The Hall–Kier alpha value is 0.960. The molecular weight excluding hydrogens is 279 g/mol. The molecule has 0 fully saturated rings. The third-order valence-corrected chi connectivity index (χ3v) is 4.65. The molecule has 0 aliphatic heterocycles. The fraction of sp³-hybridized carbons (Fsp3) is 0.950. The van der Waals surface area contributed by atoms with Gasteiger partial charge in [0, 0.05) is 0 Å². The van der Waals surface area contributed by atoms with E-state index in [4.69, 9.17) is 0 Å². The topological polar surface area (TPSA) is 20.2 Å². The summed E-state index contributed by atoms with van der Waals surface area (Å²) in [5, 5.41) is 9.80. The van der Waals surface area contributed by atoms with E-state index in [2.05, 4.69) is 13.8 Å². The Balaban J connectivity index is 0. The van der Waals surface area contributed by atoms with E-state index in [-0.39, 0.29) is 29.6 Å². The molecule has 22 heavy (non-hydrogen) atoms. The molecule has 0 aromatic carbocycles. The summed E-state index contributed by atoms with van der Waals surface area (Å²) in [6.07, 6.45) is 21.0. The van der Waals surface area contributed by atoms with Crippen LogP contribution in [0.15, 0.2) is 0 Å². The molecular formula is C20H42NaO. The standard InChI is InChI=1S/C20H41O.Na.H/c1-4-6-7-8-9-10-11-12-13-14-15-16-17-18-19-20(3,21)5-2;;/h21H,3-19H2,1-2H3;;. The summed E-state index contributed by atoms with van der Waals surface area (Å²) in [7, 11) is 0. The Morgan fingerprint density at radius 1 is 0.636 bits per heavy atom. The van der Waals surface area contributed by atoms with Crippen molar-refractivity contribution in [3.8, 4) is 0 Å². The molecule has 0 saturated heterocycles. The van der Waals surface area contributed by atoms with Gasteiger partial charge in [0.1, 0.15) is 0 Å². The van der Waals surface area contributed by atoms with Gasteiger partial charge in [-0.15, -0.1) is 0 Å². The number of hydrogen-bond acceptors (Lipinski definition) is 1. The van der Waals surface area contributed by atoms with Crippen LogP contribution >= 0.6 is 0 Å². The van der Waals surface area contributed by atoms with Crippen molar-refractivity contribution >= 4 is 29.6 Å². The van der Waals surface area contributed by atoms with Gasteiger partial charge in [0.15, 0.2) is 0 Å². The first-order valence-electron chi connectivity index (χ1n) is 9.70. The second-order valence-electron chi connectivity index (χ2n) is 6.92. The summed E-state index contributed by atoms with van der Waals surface area (Å²) < 4.78 is 0. The molecule has 0 aromatic heterocycles. The van der Waals surface area contributed by atoms with E-state index in [0.717, 1.165) is 19.3 Å². The summed E-state index contributed by atoms with van der Waals surface area (Å²) in [4.78, 5) is 0. The minimum atomic E-state index is -0.670.